The molecular formula is C19H23NO4. The van der Waals surface area contributed by atoms with E-state index in [0.717, 1.165) is 38.3 Å². The van der Waals surface area contributed by atoms with Gasteiger partial charge in [0, 0.05) is 19.7 Å². The van der Waals surface area contributed by atoms with Gasteiger partial charge in [-0.05, 0) is 30.5 Å². The quantitative estimate of drug-likeness (QED) is 0.730. The third kappa shape index (κ3) is 4.46. The molecular weight excluding hydrogens is 306 g/mol. The highest BCUT2D eigenvalue weighted by atomic mass is 16.5. The summed E-state index contributed by atoms with van der Waals surface area (Å²) in [5.41, 5.74) is 1.25. The molecule has 1 saturated heterocycles. The zero-order valence-corrected chi connectivity index (χ0v) is 13.9. The largest absolute Gasteiger partial charge is 0.463 e. The van der Waals surface area contributed by atoms with Gasteiger partial charge in [0.1, 0.15) is 5.76 Å². The number of esters is 1. The highest BCUT2D eigenvalue weighted by Gasteiger charge is 2.21. The second-order valence-electron chi connectivity index (χ2n) is 6.05. The van der Waals surface area contributed by atoms with E-state index in [1.807, 2.05) is 24.3 Å². The van der Waals surface area contributed by atoms with Gasteiger partial charge in [-0.25, -0.2) is 4.79 Å². The van der Waals surface area contributed by atoms with Gasteiger partial charge in [0.15, 0.2) is 0 Å². The van der Waals surface area contributed by atoms with Gasteiger partial charge in [-0.1, -0.05) is 30.3 Å². The lowest BCUT2D eigenvalue weighted by Gasteiger charge is -2.24. The van der Waals surface area contributed by atoms with E-state index in [4.69, 9.17) is 13.9 Å². The van der Waals surface area contributed by atoms with Crippen molar-refractivity contribution in [3.8, 4) is 0 Å². The molecule has 0 amide bonds. The molecule has 0 radical (unpaired) electrons. The molecule has 0 saturated carbocycles. The van der Waals surface area contributed by atoms with E-state index in [0.29, 0.717) is 6.54 Å². The number of nitrogens with zero attached hydrogens (tertiary/aromatic N) is 1. The number of hydrogen-bond donors (Lipinski definition) is 0. The zero-order chi connectivity index (χ0) is 16.8. The van der Waals surface area contributed by atoms with E-state index < -0.39 is 5.97 Å². The van der Waals surface area contributed by atoms with Gasteiger partial charge in [-0.2, -0.15) is 0 Å². The third-order valence-electron chi connectivity index (χ3n) is 4.16. The van der Waals surface area contributed by atoms with Crippen LogP contribution in [0.4, 0.5) is 0 Å². The van der Waals surface area contributed by atoms with Crippen LogP contribution in [0.5, 0.6) is 0 Å². The van der Waals surface area contributed by atoms with Gasteiger partial charge in [-0.3, -0.25) is 4.90 Å². The average molecular weight is 329 g/mol. The van der Waals surface area contributed by atoms with Gasteiger partial charge < -0.3 is 13.9 Å². The number of carbonyl (C=O) groups is 1. The van der Waals surface area contributed by atoms with Crippen LogP contribution in [-0.2, 0) is 22.6 Å². The van der Waals surface area contributed by atoms with Crippen molar-refractivity contribution in [2.45, 2.75) is 32.0 Å². The minimum Gasteiger partial charge on any atom is -0.463 e. The topological polar surface area (TPSA) is 51.9 Å². The minimum atomic E-state index is -0.449. The van der Waals surface area contributed by atoms with Crippen molar-refractivity contribution in [1.82, 2.24) is 4.90 Å². The van der Waals surface area contributed by atoms with Crippen LogP contribution in [0.1, 0.15) is 34.7 Å². The first-order chi connectivity index (χ1) is 11.7. The predicted octanol–water partition coefficient (Wildman–Crippen LogP) is 3.25. The number of ether oxygens (including phenoxy) is 2. The van der Waals surface area contributed by atoms with E-state index in [-0.39, 0.29) is 11.9 Å². The maximum atomic E-state index is 11.5. The van der Waals surface area contributed by atoms with Crippen LogP contribution in [0, 0.1) is 0 Å². The minimum absolute atomic E-state index is 0.240. The molecule has 1 unspecified atom stereocenters. The van der Waals surface area contributed by atoms with E-state index >= 15 is 0 Å². The van der Waals surface area contributed by atoms with Crippen molar-refractivity contribution in [3.63, 3.8) is 0 Å². The summed E-state index contributed by atoms with van der Waals surface area (Å²) in [4.78, 5) is 13.8. The third-order valence-corrected chi connectivity index (χ3v) is 4.16. The summed E-state index contributed by atoms with van der Waals surface area (Å²) in [7, 11) is 1.35. The highest BCUT2D eigenvalue weighted by Crippen LogP contribution is 2.18. The molecule has 0 aliphatic carbocycles. The van der Waals surface area contributed by atoms with Crippen LogP contribution in [0.25, 0.3) is 0 Å². The fourth-order valence-electron chi connectivity index (χ4n) is 3.00. The Hall–Kier alpha value is -2.11. The monoisotopic (exact) mass is 329 g/mol. The van der Waals surface area contributed by atoms with Crippen molar-refractivity contribution in [3.05, 3.63) is 59.5 Å². The lowest BCUT2D eigenvalue weighted by atomic mass is 10.2. The van der Waals surface area contributed by atoms with Crippen LogP contribution < -0.4 is 0 Å². The molecule has 128 valence electrons. The summed E-state index contributed by atoms with van der Waals surface area (Å²) in [5.74, 6) is 0.545. The Labute approximate surface area is 142 Å². The Bertz CT molecular complexity index is 646. The van der Waals surface area contributed by atoms with Gasteiger partial charge >= 0.3 is 5.97 Å². The second-order valence-corrected chi connectivity index (χ2v) is 6.05. The first-order valence-electron chi connectivity index (χ1n) is 8.29. The lowest BCUT2D eigenvalue weighted by Crippen LogP contribution is -2.31. The van der Waals surface area contributed by atoms with Crippen LogP contribution in [-0.4, -0.2) is 37.2 Å². The van der Waals surface area contributed by atoms with Crippen molar-refractivity contribution < 1.29 is 18.7 Å². The van der Waals surface area contributed by atoms with E-state index in [2.05, 4.69) is 17.0 Å². The summed E-state index contributed by atoms with van der Waals surface area (Å²) in [5, 5.41) is 0. The summed E-state index contributed by atoms with van der Waals surface area (Å²) >= 11 is 0. The maximum Gasteiger partial charge on any atom is 0.373 e. The molecule has 1 aliphatic rings. The average Bonchev–Trinajstić information content (AvgIpc) is 3.27. The van der Waals surface area contributed by atoms with Crippen molar-refractivity contribution in [2.75, 3.05) is 20.3 Å². The molecule has 0 spiro atoms. The molecule has 1 aromatic heterocycles. The molecule has 1 atom stereocenters. The normalized spacial score (nSPS) is 17.3. The van der Waals surface area contributed by atoms with E-state index in [1.54, 1.807) is 6.07 Å². The van der Waals surface area contributed by atoms with Crippen LogP contribution in [0.2, 0.25) is 0 Å². The fourth-order valence-corrected chi connectivity index (χ4v) is 3.00. The molecule has 1 fully saturated rings. The summed E-state index contributed by atoms with van der Waals surface area (Å²) in [6, 6.07) is 13.8. The standard InChI is InChI=1S/C19H23NO4/c1-22-19(21)18-10-9-17(24-18)14-20(13-16-8-5-11-23-16)12-15-6-3-2-4-7-15/h2-4,6-7,9-10,16H,5,8,11-14H2,1H3. The van der Waals surface area contributed by atoms with Crippen LogP contribution in [0.3, 0.4) is 0 Å². The smallest absolute Gasteiger partial charge is 0.373 e. The number of furan rings is 1. The number of benzene rings is 1. The first kappa shape index (κ1) is 16.7. The Balaban J connectivity index is 1.68. The van der Waals surface area contributed by atoms with Crippen molar-refractivity contribution in [1.29, 1.82) is 0 Å². The fraction of sp³-hybridized carbons (Fsp3) is 0.421. The summed E-state index contributed by atoms with van der Waals surface area (Å²) in [6.07, 6.45) is 2.48. The van der Waals surface area contributed by atoms with Gasteiger partial charge in [0.05, 0.1) is 19.8 Å². The molecule has 1 aliphatic heterocycles. The molecule has 2 heterocycles. The van der Waals surface area contributed by atoms with Gasteiger partial charge in [0.2, 0.25) is 5.76 Å². The Morgan fingerprint density at radius 3 is 2.75 bits per heavy atom. The number of hydrogen-bond acceptors (Lipinski definition) is 5. The van der Waals surface area contributed by atoms with Crippen molar-refractivity contribution >= 4 is 5.97 Å². The highest BCUT2D eigenvalue weighted by molar-refractivity contribution is 5.86. The molecule has 0 bridgehead atoms. The Morgan fingerprint density at radius 1 is 1.21 bits per heavy atom. The molecule has 3 rings (SSSR count). The zero-order valence-electron chi connectivity index (χ0n) is 13.9. The second kappa shape index (κ2) is 8.13. The van der Waals surface area contributed by atoms with Gasteiger partial charge in [0.25, 0.3) is 0 Å². The molecule has 5 heteroatoms. The number of carbonyl (C=O) groups excluding carboxylic acids is 1. The Morgan fingerprint density at radius 2 is 2.04 bits per heavy atom. The Kier molecular flexibility index (Phi) is 5.67. The maximum absolute atomic E-state index is 11.5. The molecule has 0 N–H and O–H groups in total. The van der Waals surface area contributed by atoms with Gasteiger partial charge in [-0.15, -0.1) is 0 Å². The van der Waals surface area contributed by atoms with E-state index in [9.17, 15) is 4.79 Å². The molecule has 1 aromatic carbocycles. The predicted molar refractivity (Wildman–Crippen MR) is 89.6 cm³/mol. The van der Waals surface area contributed by atoms with Crippen molar-refractivity contribution in [2.24, 2.45) is 0 Å². The number of methoxy groups -OCH3 is 1. The van der Waals surface area contributed by atoms with E-state index in [1.165, 1.54) is 12.7 Å². The molecule has 24 heavy (non-hydrogen) atoms. The van der Waals surface area contributed by atoms with Crippen LogP contribution >= 0.6 is 0 Å². The SMILES string of the molecule is COC(=O)c1ccc(CN(Cc2ccccc2)CC2CCCO2)o1. The first-order valence-corrected chi connectivity index (χ1v) is 8.29. The molecule has 2 aromatic rings. The summed E-state index contributed by atoms with van der Waals surface area (Å²) in [6.45, 7) is 3.14. The number of rotatable bonds is 7. The molecule has 5 nitrogen and oxygen atoms in total. The van der Waals surface area contributed by atoms with Crippen LogP contribution in [0.15, 0.2) is 46.9 Å². The summed E-state index contributed by atoms with van der Waals surface area (Å²) < 4.78 is 16.1. The lowest BCUT2D eigenvalue weighted by molar-refractivity contribution is 0.0548.